The molecule has 5 nitrogen and oxygen atoms in total. The summed E-state index contributed by atoms with van der Waals surface area (Å²) < 4.78 is 0. The first-order valence-electron chi connectivity index (χ1n) is 7.90. The zero-order chi connectivity index (χ0) is 15.4. The van der Waals surface area contributed by atoms with Crippen molar-refractivity contribution in [2.75, 3.05) is 13.1 Å². The van der Waals surface area contributed by atoms with Crippen LogP contribution in [0.3, 0.4) is 0 Å². The van der Waals surface area contributed by atoms with Gasteiger partial charge in [0.15, 0.2) is 0 Å². The summed E-state index contributed by atoms with van der Waals surface area (Å²) in [6.45, 7) is 1.40. The standard InChI is InChI=1S/C17H21N3O2/c21-16(6-5-13-3-4-13)20-10-7-15(8-11-20)19-17(22)14-2-1-9-18-12-14/h1-2,5-6,9,12-13,15H,3-4,7-8,10-11H2,(H,19,22)/b6-5+. The normalized spacial score (nSPS) is 19.4. The molecule has 0 aromatic carbocycles. The van der Waals surface area contributed by atoms with Gasteiger partial charge in [-0.05, 0) is 49.8 Å². The lowest BCUT2D eigenvalue weighted by Crippen LogP contribution is -2.46. The number of allylic oxidation sites excluding steroid dienone is 1. The quantitative estimate of drug-likeness (QED) is 0.862. The molecule has 5 heteroatoms. The number of piperidine rings is 1. The fraction of sp³-hybridized carbons (Fsp3) is 0.471. The van der Waals surface area contributed by atoms with Crippen LogP contribution in [0.1, 0.15) is 36.0 Å². The van der Waals surface area contributed by atoms with E-state index in [0.717, 1.165) is 12.8 Å². The van der Waals surface area contributed by atoms with Gasteiger partial charge in [-0.3, -0.25) is 14.6 Å². The van der Waals surface area contributed by atoms with E-state index >= 15 is 0 Å². The van der Waals surface area contributed by atoms with Gasteiger partial charge >= 0.3 is 0 Å². The van der Waals surface area contributed by atoms with Gasteiger partial charge in [-0.15, -0.1) is 0 Å². The second kappa shape index (κ2) is 6.73. The molecule has 2 fully saturated rings. The van der Waals surface area contributed by atoms with Gasteiger partial charge in [-0.1, -0.05) is 6.08 Å². The Hall–Kier alpha value is -2.17. The summed E-state index contributed by atoms with van der Waals surface area (Å²) >= 11 is 0. The Morgan fingerprint density at radius 3 is 2.64 bits per heavy atom. The smallest absolute Gasteiger partial charge is 0.253 e. The van der Waals surface area contributed by atoms with Crippen LogP contribution in [0.5, 0.6) is 0 Å². The van der Waals surface area contributed by atoms with Crippen molar-refractivity contribution < 1.29 is 9.59 Å². The topological polar surface area (TPSA) is 62.3 Å². The molecule has 0 atom stereocenters. The number of carbonyl (C=O) groups is 2. The summed E-state index contributed by atoms with van der Waals surface area (Å²) in [6.07, 6.45) is 11.0. The zero-order valence-electron chi connectivity index (χ0n) is 12.6. The van der Waals surface area contributed by atoms with E-state index in [1.54, 1.807) is 30.6 Å². The zero-order valence-corrected chi connectivity index (χ0v) is 12.6. The van der Waals surface area contributed by atoms with E-state index in [-0.39, 0.29) is 17.9 Å². The number of nitrogens with zero attached hydrogens (tertiary/aromatic N) is 2. The molecule has 2 heterocycles. The van der Waals surface area contributed by atoms with E-state index < -0.39 is 0 Å². The summed E-state index contributed by atoms with van der Waals surface area (Å²) in [5.74, 6) is 0.635. The molecule has 22 heavy (non-hydrogen) atoms. The molecule has 0 unspecified atom stereocenters. The van der Waals surface area contributed by atoms with Gasteiger partial charge in [0, 0.05) is 31.5 Å². The summed E-state index contributed by atoms with van der Waals surface area (Å²) in [4.78, 5) is 29.9. The summed E-state index contributed by atoms with van der Waals surface area (Å²) in [5.41, 5.74) is 0.577. The van der Waals surface area contributed by atoms with Gasteiger partial charge in [0.25, 0.3) is 5.91 Å². The lowest BCUT2D eigenvalue weighted by molar-refractivity contribution is -0.127. The van der Waals surface area contributed by atoms with Gasteiger partial charge in [0.2, 0.25) is 5.91 Å². The largest absolute Gasteiger partial charge is 0.349 e. The molecule has 2 aliphatic rings. The summed E-state index contributed by atoms with van der Waals surface area (Å²) in [5, 5.41) is 3.02. The van der Waals surface area contributed by atoms with Crippen molar-refractivity contribution in [2.24, 2.45) is 5.92 Å². The molecular weight excluding hydrogens is 278 g/mol. The third-order valence-electron chi connectivity index (χ3n) is 4.20. The van der Waals surface area contributed by atoms with Crippen molar-refractivity contribution in [3.8, 4) is 0 Å². The monoisotopic (exact) mass is 299 g/mol. The Kier molecular flexibility index (Phi) is 4.51. The number of pyridine rings is 1. The minimum atomic E-state index is -0.0912. The van der Waals surface area contributed by atoms with Crippen LogP contribution in [0.2, 0.25) is 0 Å². The fourth-order valence-electron chi connectivity index (χ4n) is 2.62. The molecule has 1 aliphatic carbocycles. The number of hydrogen-bond acceptors (Lipinski definition) is 3. The number of amides is 2. The maximum absolute atomic E-state index is 12.1. The van der Waals surface area contributed by atoms with Crippen LogP contribution < -0.4 is 5.32 Å². The average molecular weight is 299 g/mol. The molecule has 0 spiro atoms. The Labute approximate surface area is 130 Å². The van der Waals surface area contributed by atoms with Crippen LogP contribution in [-0.2, 0) is 4.79 Å². The van der Waals surface area contributed by atoms with E-state index in [0.29, 0.717) is 24.6 Å². The number of nitrogens with one attached hydrogen (secondary N) is 1. The SMILES string of the molecule is O=C(NC1CCN(C(=O)/C=C/C2CC2)CC1)c1cccnc1. The van der Waals surface area contributed by atoms with Crippen LogP contribution in [-0.4, -0.2) is 40.8 Å². The molecule has 2 amide bonds. The van der Waals surface area contributed by atoms with Crippen LogP contribution in [0, 0.1) is 5.92 Å². The molecule has 1 aromatic heterocycles. The molecular formula is C17H21N3O2. The first-order chi connectivity index (χ1) is 10.7. The number of hydrogen-bond donors (Lipinski definition) is 1. The second-order valence-corrected chi connectivity index (χ2v) is 6.01. The molecule has 1 aromatic rings. The van der Waals surface area contributed by atoms with E-state index in [1.165, 1.54) is 12.8 Å². The van der Waals surface area contributed by atoms with E-state index in [2.05, 4.69) is 10.3 Å². The number of likely N-dealkylation sites (tertiary alicyclic amines) is 1. The Morgan fingerprint density at radius 1 is 1.23 bits per heavy atom. The number of carbonyl (C=O) groups excluding carboxylic acids is 2. The van der Waals surface area contributed by atoms with E-state index in [9.17, 15) is 9.59 Å². The van der Waals surface area contributed by atoms with Crippen LogP contribution >= 0.6 is 0 Å². The minimum Gasteiger partial charge on any atom is -0.349 e. The highest BCUT2D eigenvalue weighted by Gasteiger charge is 2.24. The highest BCUT2D eigenvalue weighted by Crippen LogP contribution is 2.30. The molecule has 116 valence electrons. The van der Waals surface area contributed by atoms with Crippen molar-refractivity contribution in [2.45, 2.75) is 31.7 Å². The number of aromatic nitrogens is 1. The van der Waals surface area contributed by atoms with Crippen LogP contribution in [0.4, 0.5) is 0 Å². The molecule has 1 N–H and O–H groups in total. The third kappa shape index (κ3) is 3.93. The minimum absolute atomic E-state index is 0.0912. The van der Waals surface area contributed by atoms with Crippen molar-refractivity contribution in [3.05, 3.63) is 42.2 Å². The second-order valence-electron chi connectivity index (χ2n) is 6.01. The predicted octanol–water partition coefficient (Wildman–Crippen LogP) is 1.77. The molecule has 0 radical (unpaired) electrons. The first kappa shape index (κ1) is 14.8. The average Bonchev–Trinajstić information content (AvgIpc) is 3.38. The van der Waals surface area contributed by atoms with Crippen molar-refractivity contribution in [1.29, 1.82) is 0 Å². The van der Waals surface area contributed by atoms with Crippen molar-refractivity contribution in [1.82, 2.24) is 15.2 Å². The Morgan fingerprint density at radius 2 is 2.00 bits per heavy atom. The Balaban J connectivity index is 1.45. The van der Waals surface area contributed by atoms with Crippen molar-refractivity contribution >= 4 is 11.8 Å². The van der Waals surface area contributed by atoms with Gasteiger partial charge in [-0.2, -0.15) is 0 Å². The van der Waals surface area contributed by atoms with Gasteiger partial charge in [-0.25, -0.2) is 0 Å². The summed E-state index contributed by atoms with van der Waals surface area (Å²) in [6, 6.07) is 3.63. The molecule has 1 saturated heterocycles. The molecule has 0 bridgehead atoms. The fourth-order valence-corrected chi connectivity index (χ4v) is 2.62. The van der Waals surface area contributed by atoms with Gasteiger partial charge < -0.3 is 10.2 Å². The maximum atomic E-state index is 12.1. The van der Waals surface area contributed by atoms with Crippen molar-refractivity contribution in [3.63, 3.8) is 0 Å². The van der Waals surface area contributed by atoms with Gasteiger partial charge in [0.05, 0.1) is 5.56 Å². The lowest BCUT2D eigenvalue weighted by Gasteiger charge is -2.31. The highest BCUT2D eigenvalue weighted by molar-refractivity contribution is 5.94. The molecule has 1 aliphatic heterocycles. The van der Waals surface area contributed by atoms with Gasteiger partial charge in [0.1, 0.15) is 0 Å². The predicted molar refractivity (Wildman–Crippen MR) is 83.2 cm³/mol. The highest BCUT2D eigenvalue weighted by atomic mass is 16.2. The molecule has 1 saturated carbocycles. The maximum Gasteiger partial charge on any atom is 0.253 e. The molecule has 3 rings (SSSR count). The number of rotatable bonds is 4. The first-order valence-corrected chi connectivity index (χ1v) is 7.90. The van der Waals surface area contributed by atoms with E-state index in [1.807, 2.05) is 11.0 Å². The third-order valence-corrected chi connectivity index (χ3v) is 4.20. The Bertz CT molecular complexity index is 559. The van der Waals surface area contributed by atoms with Crippen LogP contribution in [0.25, 0.3) is 0 Å². The summed E-state index contributed by atoms with van der Waals surface area (Å²) in [7, 11) is 0. The lowest BCUT2D eigenvalue weighted by atomic mass is 10.0. The van der Waals surface area contributed by atoms with Crippen LogP contribution in [0.15, 0.2) is 36.7 Å². The van der Waals surface area contributed by atoms with E-state index in [4.69, 9.17) is 0 Å².